The van der Waals surface area contributed by atoms with Gasteiger partial charge in [0, 0.05) is 32.7 Å². The molecule has 0 bridgehead atoms. The van der Waals surface area contributed by atoms with Gasteiger partial charge in [0.1, 0.15) is 30.5 Å². The Morgan fingerprint density at radius 3 is 2.62 bits per heavy atom. The molecule has 0 saturated carbocycles. The molecule has 3 amide bonds. The number of ether oxygens (including phenoxy) is 1. The maximum atomic E-state index is 13.3. The van der Waals surface area contributed by atoms with E-state index in [1.807, 2.05) is 0 Å². The number of likely N-dealkylation sites (N-methyl/N-ethyl adjacent to an activating group) is 1. The Hall–Kier alpha value is -2.83. The molecule has 2 heterocycles. The van der Waals surface area contributed by atoms with Crippen LogP contribution in [0.2, 0.25) is 0 Å². The van der Waals surface area contributed by atoms with Gasteiger partial charge in [0.05, 0.1) is 0 Å². The summed E-state index contributed by atoms with van der Waals surface area (Å²) in [5.74, 6) is -0.893. The van der Waals surface area contributed by atoms with Gasteiger partial charge in [-0.05, 0) is 54.3 Å². The summed E-state index contributed by atoms with van der Waals surface area (Å²) in [7, 11) is 2.10. The summed E-state index contributed by atoms with van der Waals surface area (Å²) < 4.78 is 35.9. The Bertz CT molecular complexity index is 982. The van der Waals surface area contributed by atoms with E-state index in [1.165, 1.54) is 18.2 Å². The highest BCUT2D eigenvalue weighted by molar-refractivity contribution is 7.11. The first-order valence-corrected chi connectivity index (χ1v) is 11.8. The van der Waals surface area contributed by atoms with Gasteiger partial charge in [0.25, 0.3) is 5.91 Å². The monoisotopic (exact) mass is 496 g/mol. The third kappa shape index (κ3) is 7.08. The summed E-state index contributed by atoms with van der Waals surface area (Å²) in [4.78, 5) is 28.9. The number of alkyl halides is 2. The van der Waals surface area contributed by atoms with Gasteiger partial charge in [-0.25, -0.2) is 13.6 Å². The SMILES string of the molecule is CN1CCN(CCCNC(=O)Nc2snc(OCc3cc(CF)ccc3CF)c2C(N)=O)CC1. The third-order valence-corrected chi connectivity index (χ3v) is 6.35. The number of nitrogens with two attached hydrogens (primary N) is 1. The van der Waals surface area contributed by atoms with Gasteiger partial charge in [-0.2, -0.15) is 4.37 Å². The number of anilines is 1. The van der Waals surface area contributed by atoms with Crippen LogP contribution in [0, 0.1) is 0 Å². The molecule has 1 aromatic heterocycles. The zero-order valence-corrected chi connectivity index (χ0v) is 19.9. The smallest absolute Gasteiger partial charge is 0.319 e. The van der Waals surface area contributed by atoms with Crippen LogP contribution in [-0.2, 0) is 20.0 Å². The van der Waals surface area contributed by atoms with Gasteiger partial charge < -0.3 is 25.6 Å². The van der Waals surface area contributed by atoms with Crippen molar-refractivity contribution >= 4 is 28.5 Å². The molecule has 9 nitrogen and oxygen atoms in total. The molecule has 0 unspecified atom stereocenters. The van der Waals surface area contributed by atoms with Gasteiger partial charge >= 0.3 is 6.03 Å². The second-order valence-electron chi connectivity index (χ2n) is 8.09. The van der Waals surface area contributed by atoms with Crippen LogP contribution >= 0.6 is 11.5 Å². The number of halogens is 2. The third-order valence-electron chi connectivity index (χ3n) is 5.60. The Kier molecular flexibility index (Phi) is 9.54. The average molecular weight is 497 g/mol. The van der Waals surface area contributed by atoms with E-state index in [1.54, 1.807) is 0 Å². The Morgan fingerprint density at radius 1 is 1.18 bits per heavy atom. The summed E-state index contributed by atoms with van der Waals surface area (Å²) in [6.45, 7) is 3.90. The molecule has 1 aliphatic heterocycles. The highest BCUT2D eigenvalue weighted by atomic mass is 32.1. The second-order valence-corrected chi connectivity index (χ2v) is 8.87. The first kappa shape index (κ1) is 25.8. The van der Waals surface area contributed by atoms with Crippen molar-refractivity contribution in [1.82, 2.24) is 19.5 Å². The predicted molar refractivity (Wildman–Crippen MR) is 127 cm³/mol. The lowest BCUT2D eigenvalue weighted by molar-refractivity contribution is 0.0996. The van der Waals surface area contributed by atoms with Gasteiger partial charge in [-0.3, -0.25) is 10.1 Å². The molecule has 12 heteroatoms. The highest BCUT2D eigenvalue weighted by Gasteiger charge is 2.22. The van der Waals surface area contributed by atoms with E-state index in [0.717, 1.165) is 50.7 Å². The summed E-state index contributed by atoms with van der Waals surface area (Å²) in [6.07, 6.45) is 0.797. The standard InChI is InChI=1S/C22H30F2N6O3S/c1-29-7-9-30(10-8-29)6-2-5-26-22(32)27-21-18(19(25)31)20(28-34-21)33-14-17-11-15(12-23)3-4-16(17)13-24/h3-4,11H,2,5-10,12-14H2,1H3,(H2,25,31)(H2,26,27,32). The van der Waals surface area contributed by atoms with Crippen molar-refractivity contribution in [2.75, 3.05) is 51.6 Å². The Labute approximate surface area is 201 Å². The number of primary amides is 1. The summed E-state index contributed by atoms with van der Waals surface area (Å²) >= 11 is 0.853. The van der Waals surface area contributed by atoms with E-state index >= 15 is 0 Å². The molecule has 0 atom stereocenters. The van der Waals surface area contributed by atoms with E-state index < -0.39 is 25.3 Å². The van der Waals surface area contributed by atoms with E-state index in [4.69, 9.17) is 10.5 Å². The first-order chi connectivity index (χ1) is 16.4. The zero-order chi connectivity index (χ0) is 24.5. The number of hydrogen-bond donors (Lipinski definition) is 3. The van der Waals surface area contributed by atoms with Gasteiger partial charge in [0.2, 0.25) is 5.88 Å². The van der Waals surface area contributed by atoms with E-state index in [0.29, 0.717) is 23.2 Å². The lowest BCUT2D eigenvalue weighted by Gasteiger charge is -2.32. The quantitative estimate of drug-likeness (QED) is 0.412. The molecule has 1 saturated heterocycles. The van der Waals surface area contributed by atoms with Crippen molar-refractivity contribution in [3.8, 4) is 5.88 Å². The minimum absolute atomic E-state index is 0.0685. The Balaban J connectivity index is 1.53. The molecular weight excluding hydrogens is 466 g/mol. The largest absolute Gasteiger partial charge is 0.472 e. The minimum Gasteiger partial charge on any atom is -0.472 e. The van der Waals surface area contributed by atoms with Crippen molar-refractivity contribution in [3.05, 3.63) is 40.5 Å². The minimum atomic E-state index is -0.822. The molecule has 1 fully saturated rings. The lowest BCUT2D eigenvalue weighted by Crippen LogP contribution is -2.45. The van der Waals surface area contributed by atoms with E-state index in [9.17, 15) is 18.4 Å². The van der Waals surface area contributed by atoms with Crippen LogP contribution in [0.3, 0.4) is 0 Å². The van der Waals surface area contributed by atoms with Crippen LogP contribution in [-0.4, -0.2) is 72.4 Å². The van der Waals surface area contributed by atoms with Crippen molar-refractivity contribution in [1.29, 1.82) is 0 Å². The first-order valence-electron chi connectivity index (χ1n) is 11.0. The number of carbonyl (C=O) groups is 2. The van der Waals surface area contributed by atoms with Crippen LogP contribution in [0.4, 0.5) is 18.6 Å². The number of aromatic nitrogens is 1. The van der Waals surface area contributed by atoms with E-state index in [-0.39, 0.29) is 23.1 Å². The molecule has 1 aromatic carbocycles. The van der Waals surface area contributed by atoms with E-state index in [2.05, 4.69) is 31.9 Å². The molecular formula is C22H30F2N6O3S. The molecule has 0 radical (unpaired) electrons. The van der Waals surface area contributed by atoms with Gasteiger partial charge in [0.15, 0.2) is 0 Å². The predicted octanol–water partition coefficient (Wildman–Crippen LogP) is 2.52. The maximum Gasteiger partial charge on any atom is 0.319 e. The van der Waals surface area contributed by atoms with Crippen molar-refractivity contribution < 1.29 is 23.1 Å². The molecule has 1 aliphatic rings. The lowest BCUT2D eigenvalue weighted by atomic mass is 10.1. The number of nitrogens with one attached hydrogen (secondary N) is 2. The highest BCUT2D eigenvalue weighted by Crippen LogP contribution is 2.31. The van der Waals surface area contributed by atoms with Crippen LogP contribution in [0.15, 0.2) is 18.2 Å². The molecule has 3 rings (SSSR count). The van der Waals surface area contributed by atoms with Crippen LogP contribution < -0.4 is 21.1 Å². The average Bonchev–Trinajstić information content (AvgIpc) is 3.23. The van der Waals surface area contributed by atoms with Crippen LogP contribution in [0.5, 0.6) is 5.88 Å². The molecule has 2 aromatic rings. The number of amides is 3. The van der Waals surface area contributed by atoms with Gasteiger partial charge in [-0.1, -0.05) is 12.1 Å². The maximum absolute atomic E-state index is 13.3. The van der Waals surface area contributed by atoms with Crippen LogP contribution in [0.25, 0.3) is 0 Å². The summed E-state index contributed by atoms with van der Waals surface area (Å²) in [5.41, 5.74) is 6.58. The summed E-state index contributed by atoms with van der Waals surface area (Å²) in [5, 5.41) is 5.51. The van der Waals surface area contributed by atoms with Crippen LogP contribution in [0.1, 0.15) is 33.5 Å². The number of piperazine rings is 1. The number of rotatable bonds is 11. The molecule has 186 valence electrons. The fourth-order valence-corrected chi connectivity index (χ4v) is 4.31. The molecule has 34 heavy (non-hydrogen) atoms. The topological polar surface area (TPSA) is 113 Å². The van der Waals surface area contributed by atoms with Crippen molar-refractivity contribution in [2.24, 2.45) is 5.73 Å². The molecule has 4 N–H and O–H groups in total. The molecule has 0 aliphatic carbocycles. The number of nitrogens with zero attached hydrogens (tertiary/aromatic N) is 3. The number of carbonyl (C=O) groups excluding carboxylic acids is 2. The fourth-order valence-electron chi connectivity index (χ4n) is 3.57. The van der Waals surface area contributed by atoms with Crippen molar-refractivity contribution in [3.63, 3.8) is 0 Å². The number of benzene rings is 1. The van der Waals surface area contributed by atoms with Crippen molar-refractivity contribution in [2.45, 2.75) is 26.4 Å². The normalized spacial score (nSPS) is 14.7. The Morgan fingerprint density at radius 2 is 1.94 bits per heavy atom. The summed E-state index contributed by atoms with van der Waals surface area (Å²) in [6, 6.07) is 4.01. The molecule has 0 spiro atoms. The number of urea groups is 1. The second kappa shape index (κ2) is 12.6. The van der Waals surface area contributed by atoms with Gasteiger partial charge in [-0.15, -0.1) is 0 Å². The number of hydrogen-bond acceptors (Lipinski definition) is 7. The fraction of sp³-hybridized carbons (Fsp3) is 0.500. The zero-order valence-electron chi connectivity index (χ0n) is 19.1.